The molecule has 1 N–H and O–H groups in total. The second-order valence-electron chi connectivity index (χ2n) is 2.86. The van der Waals surface area contributed by atoms with Gasteiger partial charge in [-0.1, -0.05) is 11.6 Å². The van der Waals surface area contributed by atoms with Crippen LogP contribution in [0.3, 0.4) is 0 Å². The predicted octanol–water partition coefficient (Wildman–Crippen LogP) is 2.01. The highest BCUT2D eigenvalue weighted by Crippen LogP contribution is 2.31. The standard InChI is InChI=1S/C10H8ClNO3/c1-5-7(4-12)8(11)3-6(9(5)13)10(14)15-2/h3,13H,1-2H3. The molecule has 1 aromatic rings. The zero-order chi connectivity index (χ0) is 11.6. The maximum atomic E-state index is 11.2. The molecule has 0 saturated heterocycles. The lowest BCUT2D eigenvalue weighted by molar-refractivity contribution is 0.0597. The van der Waals surface area contributed by atoms with Gasteiger partial charge >= 0.3 is 5.97 Å². The van der Waals surface area contributed by atoms with Crippen molar-refractivity contribution in [3.63, 3.8) is 0 Å². The maximum absolute atomic E-state index is 11.2. The van der Waals surface area contributed by atoms with Crippen molar-refractivity contribution in [1.82, 2.24) is 0 Å². The summed E-state index contributed by atoms with van der Waals surface area (Å²) in [4.78, 5) is 11.2. The number of rotatable bonds is 1. The smallest absolute Gasteiger partial charge is 0.341 e. The predicted molar refractivity (Wildman–Crippen MR) is 53.9 cm³/mol. The number of hydrogen-bond acceptors (Lipinski definition) is 4. The lowest BCUT2D eigenvalue weighted by Crippen LogP contribution is -2.03. The molecule has 0 unspecified atom stereocenters. The van der Waals surface area contributed by atoms with E-state index in [4.69, 9.17) is 16.9 Å². The monoisotopic (exact) mass is 225 g/mol. The van der Waals surface area contributed by atoms with Gasteiger partial charge in [-0.25, -0.2) is 4.79 Å². The summed E-state index contributed by atoms with van der Waals surface area (Å²) in [7, 11) is 1.20. The molecule has 0 fully saturated rings. The van der Waals surface area contributed by atoms with Gasteiger partial charge in [-0.15, -0.1) is 0 Å². The van der Waals surface area contributed by atoms with Gasteiger partial charge in [0, 0.05) is 5.56 Å². The molecule has 4 nitrogen and oxygen atoms in total. The molecule has 0 heterocycles. The maximum Gasteiger partial charge on any atom is 0.341 e. The van der Waals surface area contributed by atoms with E-state index >= 15 is 0 Å². The van der Waals surface area contributed by atoms with Gasteiger partial charge in [0.1, 0.15) is 17.4 Å². The zero-order valence-corrected chi connectivity index (χ0v) is 8.92. The summed E-state index contributed by atoms with van der Waals surface area (Å²) in [5, 5.41) is 18.5. The first kappa shape index (κ1) is 11.3. The van der Waals surface area contributed by atoms with Gasteiger partial charge in [0.2, 0.25) is 0 Å². The molecule has 0 aromatic heterocycles. The Bertz CT molecular complexity index is 463. The number of nitrogens with zero attached hydrogens (tertiary/aromatic N) is 1. The third kappa shape index (κ3) is 1.88. The number of benzene rings is 1. The van der Waals surface area contributed by atoms with Gasteiger partial charge in [-0.05, 0) is 13.0 Å². The minimum Gasteiger partial charge on any atom is -0.507 e. The van der Waals surface area contributed by atoms with Crippen LogP contribution in [0.4, 0.5) is 0 Å². The molecule has 78 valence electrons. The average molecular weight is 226 g/mol. The summed E-state index contributed by atoms with van der Waals surface area (Å²) in [5.74, 6) is -0.968. The number of phenols is 1. The Labute approximate surface area is 91.7 Å². The molecule has 0 radical (unpaired) electrons. The quantitative estimate of drug-likeness (QED) is 0.743. The topological polar surface area (TPSA) is 70.3 Å². The first-order valence-electron chi connectivity index (χ1n) is 4.03. The second-order valence-corrected chi connectivity index (χ2v) is 3.27. The number of esters is 1. The number of aromatic hydroxyl groups is 1. The molecule has 15 heavy (non-hydrogen) atoms. The van der Waals surface area contributed by atoms with Gasteiger partial charge < -0.3 is 9.84 Å². The first-order chi connectivity index (χ1) is 7.02. The van der Waals surface area contributed by atoms with E-state index in [-0.39, 0.29) is 27.5 Å². The fourth-order valence-electron chi connectivity index (χ4n) is 1.17. The molecule has 0 spiro atoms. The fourth-order valence-corrected chi connectivity index (χ4v) is 1.46. The molecule has 0 aliphatic heterocycles. The molecule has 1 rings (SSSR count). The molecule has 0 saturated carbocycles. The number of nitriles is 1. The Hall–Kier alpha value is -1.73. The number of methoxy groups -OCH3 is 1. The Balaban J connectivity index is 3.49. The lowest BCUT2D eigenvalue weighted by atomic mass is 10.0. The number of phenolic OH excluding ortho intramolecular Hbond substituents is 1. The zero-order valence-electron chi connectivity index (χ0n) is 8.17. The summed E-state index contributed by atoms with van der Waals surface area (Å²) in [6.07, 6.45) is 0. The van der Waals surface area contributed by atoms with E-state index in [1.165, 1.54) is 20.1 Å². The van der Waals surface area contributed by atoms with E-state index in [1.54, 1.807) is 0 Å². The van der Waals surface area contributed by atoms with Crippen LogP contribution in [0, 0.1) is 18.3 Å². The van der Waals surface area contributed by atoms with E-state index in [2.05, 4.69) is 4.74 Å². The van der Waals surface area contributed by atoms with Crippen molar-refractivity contribution in [3.05, 3.63) is 27.8 Å². The van der Waals surface area contributed by atoms with E-state index in [1.807, 2.05) is 6.07 Å². The van der Waals surface area contributed by atoms with Crippen LogP contribution < -0.4 is 0 Å². The Kier molecular flexibility index (Phi) is 3.17. The minimum atomic E-state index is -0.693. The molecular formula is C10H8ClNO3. The number of ether oxygens (including phenoxy) is 1. The lowest BCUT2D eigenvalue weighted by Gasteiger charge is -2.08. The molecule has 5 heteroatoms. The largest absolute Gasteiger partial charge is 0.507 e. The van der Waals surface area contributed by atoms with Crippen molar-refractivity contribution in [2.24, 2.45) is 0 Å². The fraction of sp³-hybridized carbons (Fsp3) is 0.200. The SMILES string of the molecule is COC(=O)c1cc(Cl)c(C#N)c(C)c1O. The van der Waals surface area contributed by atoms with Crippen molar-refractivity contribution in [2.75, 3.05) is 7.11 Å². The van der Waals surface area contributed by atoms with Crippen molar-refractivity contribution >= 4 is 17.6 Å². The highest BCUT2D eigenvalue weighted by molar-refractivity contribution is 6.32. The summed E-state index contributed by atoms with van der Waals surface area (Å²) in [6.45, 7) is 1.51. The van der Waals surface area contributed by atoms with Crippen LogP contribution in [0.25, 0.3) is 0 Å². The van der Waals surface area contributed by atoms with Crippen molar-refractivity contribution in [3.8, 4) is 11.8 Å². The Morgan fingerprint density at radius 2 is 2.27 bits per heavy atom. The van der Waals surface area contributed by atoms with Crippen LogP contribution in [0.15, 0.2) is 6.07 Å². The van der Waals surface area contributed by atoms with Crippen LogP contribution in [-0.2, 0) is 4.74 Å². The van der Waals surface area contributed by atoms with Crippen molar-refractivity contribution in [1.29, 1.82) is 5.26 Å². The van der Waals surface area contributed by atoms with Gasteiger partial charge in [0.25, 0.3) is 0 Å². The summed E-state index contributed by atoms with van der Waals surface area (Å²) >= 11 is 5.77. The van der Waals surface area contributed by atoms with Crippen LogP contribution in [0.5, 0.6) is 5.75 Å². The summed E-state index contributed by atoms with van der Waals surface area (Å²) in [6, 6.07) is 3.06. The van der Waals surface area contributed by atoms with Gasteiger partial charge in [0.05, 0.1) is 17.7 Å². The molecule has 0 aliphatic rings. The van der Waals surface area contributed by atoms with Gasteiger partial charge in [-0.2, -0.15) is 5.26 Å². The minimum absolute atomic E-state index is 0.0426. The van der Waals surface area contributed by atoms with E-state index in [0.29, 0.717) is 0 Å². The Morgan fingerprint density at radius 1 is 1.67 bits per heavy atom. The molecular weight excluding hydrogens is 218 g/mol. The molecule has 0 bridgehead atoms. The number of carbonyl (C=O) groups excluding carboxylic acids is 1. The second kappa shape index (κ2) is 4.20. The molecule has 0 aliphatic carbocycles. The third-order valence-electron chi connectivity index (χ3n) is 2.01. The average Bonchev–Trinajstić information content (AvgIpc) is 2.23. The van der Waals surface area contributed by atoms with Crippen LogP contribution >= 0.6 is 11.6 Å². The highest BCUT2D eigenvalue weighted by atomic mass is 35.5. The summed E-state index contributed by atoms with van der Waals surface area (Å²) in [5.41, 5.74) is 0.381. The van der Waals surface area contributed by atoms with Crippen LogP contribution in [0.2, 0.25) is 5.02 Å². The Morgan fingerprint density at radius 3 is 2.73 bits per heavy atom. The summed E-state index contributed by atoms with van der Waals surface area (Å²) < 4.78 is 4.46. The van der Waals surface area contributed by atoms with E-state index in [0.717, 1.165) is 0 Å². The van der Waals surface area contributed by atoms with E-state index < -0.39 is 5.97 Å². The van der Waals surface area contributed by atoms with Crippen LogP contribution in [0.1, 0.15) is 21.5 Å². The first-order valence-corrected chi connectivity index (χ1v) is 4.41. The normalized spacial score (nSPS) is 9.47. The van der Waals surface area contributed by atoms with Crippen molar-refractivity contribution in [2.45, 2.75) is 6.92 Å². The number of hydrogen-bond donors (Lipinski definition) is 1. The van der Waals surface area contributed by atoms with Gasteiger partial charge in [-0.3, -0.25) is 0 Å². The third-order valence-corrected chi connectivity index (χ3v) is 2.31. The van der Waals surface area contributed by atoms with Crippen LogP contribution in [-0.4, -0.2) is 18.2 Å². The van der Waals surface area contributed by atoms with Crippen molar-refractivity contribution < 1.29 is 14.6 Å². The molecule has 0 atom stereocenters. The number of halogens is 1. The number of carbonyl (C=O) groups is 1. The highest BCUT2D eigenvalue weighted by Gasteiger charge is 2.18. The van der Waals surface area contributed by atoms with Gasteiger partial charge in [0.15, 0.2) is 0 Å². The molecule has 1 aromatic carbocycles. The van der Waals surface area contributed by atoms with E-state index in [9.17, 15) is 9.90 Å². The molecule has 0 amide bonds.